The predicted octanol–water partition coefficient (Wildman–Crippen LogP) is 1.84. The molecule has 22 heavy (non-hydrogen) atoms. The number of pyridine rings is 1. The Morgan fingerprint density at radius 1 is 1.45 bits per heavy atom. The molecule has 116 valence electrons. The Morgan fingerprint density at radius 3 is 2.77 bits per heavy atom. The molecule has 3 N–H and O–H groups in total. The number of nitrogens with one attached hydrogen (secondary N) is 1. The summed E-state index contributed by atoms with van der Waals surface area (Å²) in [6, 6.07) is 2.07. The molecule has 6 heteroatoms. The van der Waals surface area contributed by atoms with E-state index in [4.69, 9.17) is 15.9 Å². The summed E-state index contributed by atoms with van der Waals surface area (Å²) >= 11 is 0. The van der Waals surface area contributed by atoms with Gasteiger partial charge in [0.2, 0.25) is 0 Å². The minimum absolute atomic E-state index is 0.105. The molecule has 2 heterocycles. The second-order valence-corrected chi connectivity index (χ2v) is 4.88. The zero-order valence-corrected chi connectivity index (χ0v) is 12.7. The number of nitrogens with zero attached hydrogens (tertiary/aromatic N) is 3. The van der Waals surface area contributed by atoms with Gasteiger partial charge in [-0.2, -0.15) is 0 Å². The fourth-order valence-electron chi connectivity index (χ4n) is 2.27. The second kappa shape index (κ2) is 7.51. The number of aromatic nitrogens is 1. The minimum Gasteiger partial charge on any atom is -0.382 e. The Balaban J connectivity index is 2.30. The van der Waals surface area contributed by atoms with Gasteiger partial charge in [0, 0.05) is 24.8 Å². The molecule has 0 aromatic carbocycles. The van der Waals surface area contributed by atoms with Crippen LogP contribution in [0.1, 0.15) is 12.5 Å². The van der Waals surface area contributed by atoms with E-state index in [-0.39, 0.29) is 5.84 Å². The van der Waals surface area contributed by atoms with Crippen LogP contribution in [0.3, 0.4) is 0 Å². The first-order valence-corrected chi connectivity index (χ1v) is 7.13. The van der Waals surface area contributed by atoms with Crippen LogP contribution >= 0.6 is 0 Å². The highest BCUT2D eigenvalue weighted by molar-refractivity contribution is 5.97. The molecule has 0 spiro atoms. The zero-order chi connectivity index (χ0) is 15.9. The topological polar surface area (TPSA) is 87.6 Å². The number of amidine groups is 1. The standard InChI is InChI=1S/C16H21N5O/c1-3-12(9-15(19-2)16(17)18)13-8-14(11-20-10-13)21-4-6-22-7-5-21/h3,8-11H,2,4-7H2,1H3,(H3,17,18)/b12-3+,15-9-. The molecule has 1 aliphatic rings. The van der Waals surface area contributed by atoms with Crippen LogP contribution in [0.25, 0.3) is 5.57 Å². The number of hydrogen-bond donors (Lipinski definition) is 2. The summed E-state index contributed by atoms with van der Waals surface area (Å²) < 4.78 is 5.37. The van der Waals surface area contributed by atoms with Crippen LogP contribution in [-0.4, -0.2) is 43.8 Å². The van der Waals surface area contributed by atoms with Crippen LogP contribution in [0.4, 0.5) is 5.69 Å². The van der Waals surface area contributed by atoms with Crippen molar-refractivity contribution in [3.63, 3.8) is 0 Å². The van der Waals surface area contributed by atoms with Gasteiger partial charge in [-0.3, -0.25) is 15.4 Å². The SMILES string of the molecule is C=N/C(=C\C(=C/C)c1cncc(N2CCOCC2)c1)C(=N)N. The quantitative estimate of drug-likeness (QED) is 0.493. The lowest BCUT2D eigenvalue weighted by Crippen LogP contribution is -2.36. The van der Waals surface area contributed by atoms with Crippen molar-refractivity contribution in [2.24, 2.45) is 10.7 Å². The summed E-state index contributed by atoms with van der Waals surface area (Å²) in [6.07, 6.45) is 7.32. The van der Waals surface area contributed by atoms with Gasteiger partial charge < -0.3 is 15.4 Å². The molecule has 1 fully saturated rings. The molecular weight excluding hydrogens is 278 g/mol. The number of ether oxygens (including phenoxy) is 1. The maximum absolute atomic E-state index is 7.50. The zero-order valence-electron chi connectivity index (χ0n) is 12.7. The number of hydrogen-bond acceptors (Lipinski definition) is 5. The van der Waals surface area contributed by atoms with Crippen molar-refractivity contribution in [2.45, 2.75) is 6.92 Å². The fraction of sp³-hybridized carbons (Fsp3) is 0.312. The number of nitrogens with two attached hydrogens (primary N) is 1. The van der Waals surface area contributed by atoms with E-state index >= 15 is 0 Å². The van der Waals surface area contributed by atoms with Crippen LogP contribution in [0.15, 0.2) is 41.3 Å². The molecule has 0 amide bonds. The van der Waals surface area contributed by atoms with E-state index in [0.717, 1.165) is 43.1 Å². The normalized spacial score (nSPS) is 16.5. The van der Waals surface area contributed by atoms with Crippen LogP contribution in [-0.2, 0) is 4.74 Å². The molecule has 6 nitrogen and oxygen atoms in total. The highest BCUT2D eigenvalue weighted by Crippen LogP contribution is 2.23. The van der Waals surface area contributed by atoms with Gasteiger partial charge in [0.1, 0.15) is 11.5 Å². The van der Waals surface area contributed by atoms with E-state index in [9.17, 15) is 0 Å². The van der Waals surface area contributed by atoms with E-state index in [2.05, 4.69) is 27.7 Å². The lowest BCUT2D eigenvalue weighted by Gasteiger charge is -2.28. The molecule has 0 aliphatic carbocycles. The first-order valence-electron chi connectivity index (χ1n) is 7.13. The maximum Gasteiger partial charge on any atom is 0.141 e. The van der Waals surface area contributed by atoms with Gasteiger partial charge in [-0.05, 0) is 31.4 Å². The van der Waals surface area contributed by atoms with Crippen molar-refractivity contribution in [3.8, 4) is 0 Å². The maximum atomic E-state index is 7.50. The van der Waals surface area contributed by atoms with Gasteiger partial charge in [0.05, 0.1) is 25.1 Å². The second-order valence-electron chi connectivity index (χ2n) is 4.88. The lowest BCUT2D eigenvalue weighted by molar-refractivity contribution is 0.122. The van der Waals surface area contributed by atoms with E-state index in [1.165, 1.54) is 0 Å². The van der Waals surface area contributed by atoms with Crippen molar-refractivity contribution >= 4 is 23.8 Å². The van der Waals surface area contributed by atoms with Gasteiger partial charge in [-0.25, -0.2) is 0 Å². The predicted molar refractivity (Wildman–Crippen MR) is 90.5 cm³/mol. The summed E-state index contributed by atoms with van der Waals surface area (Å²) in [6.45, 7) is 8.56. The van der Waals surface area contributed by atoms with E-state index in [0.29, 0.717) is 5.70 Å². The van der Waals surface area contributed by atoms with E-state index < -0.39 is 0 Å². The van der Waals surface area contributed by atoms with Gasteiger partial charge in [-0.15, -0.1) is 0 Å². The van der Waals surface area contributed by atoms with Crippen molar-refractivity contribution in [3.05, 3.63) is 41.9 Å². The average molecular weight is 299 g/mol. The number of morpholine rings is 1. The van der Waals surface area contributed by atoms with Crippen molar-refractivity contribution in [2.75, 3.05) is 31.2 Å². The number of aliphatic imine (C=N–C) groups is 1. The molecule has 1 aromatic rings. The summed E-state index contributed by atoms with van der Waals surface area (Å²) in [5.74, 6) is -0.105. The van der Waals surface area contributed by atoms with Gasteiger partial charge >= 0.3 is 0 Å². The third-order valence-electron chi connectivity index (χ3n) is 3.48. The van der Waals surface area contributed by atoms with E-state index in [1.807, 2.05) is 19.2 Å². The van der Waals surface area contributed by atoms with Gasteiger partial charge in [0.25, 0.3) is 0 Å². The highest BCUT2D eigenvalue weighted by atomic mass is 16.5. The van der Waals surface area contributed by atoms with Crippen molar-refractivity contribution in [1.82, 2.24) is 4.98 Å². The fourth-order valence-corrected chi connectivity index (χ4v) is 2.27. The third-order valence-corrected chi connectivity index (χ3v) is 3.48. The summed E-state index contributed by atoms with van der Waals surface area (Å²) in [5, 5.41) is 7.50. The van der Waals surface area contributed by atoms with Crippen LogP contribution in [0.5, 0.6) is 0 Å². The molecule has 0 unspecified atom stereocenters. The highest BCUT2D eigenvalue weighted by Gasteiger charge is 2.12. The molecular formula is C16H21N5O. The minimum atomic E-state index is -0.105. The molecule has 1 aliphatic heterocycles. The first kappa shape index (κ1) is 15.9. The van der Waals surface area contributed by atoms with Gasteiger partial charge in [0.15, 0.2) is 0 Å². The van der Waals surface area contributed by atoms with E-state index in [1.54, 1.807) is 12.3 Å². The molecule has 0 radical (unpaired) electrons. The lowest BCUT2D eigenvalue weighted by atomic mass is 10.1. The molecule has 0 saturated carbocycles. The summed E-state index contributed by atoms with van der Waals surface area (Å²) in [4.78, 5) is 10.4. The molecule has 1 aromatic heterocycles. The molecule has 0 atom stereocenters. The van der Waals surface area contributed by atoms with Crippen molar-refractivity contribution < 1.29 is 4.74 Å². The van der Waals surface area contributed by atoms with Crippen LogP contribution in [0, 0.1) is 5.41 Å². The smallest absolute Gasteiger partial charge is 0.141 e. The summed E-state index contributed by atoms with van der Waals surface area (Å²) in [5.41, 5.74) is 8.76. The average Bonchev–Trinajstić information content (AvgIpc) is 2.56. The molecule has 1 saturated heterocycles. The Kier molecular flexibility index (Phi) is 5.43. The Labute approximate surface area is 130 Å². The largest absolute Gasteiger partial charge is 0.382 e. The van der Waals surface area contributed by atoms with Crippen LogP contribution < -0.4 is 10.6 Å². The number of allylic oxidation sites excluding steroid dienone is 3. The van der Waals surface area contributed by atoms with Crippen molar-refractivity contribution in [1.29, 1.82) is 5.41 Å². The third kappa shape index (κ3) is 3.79. The number of rotatable bonds is 5. The summed E-state index contributed by atoms with van der Waals surface area (Å²) in [7, 11) is 0. The Hall–Kier alpha value is -2.47. The Morgan fingerprint density at radius 2 is 2.18 bits per heavy atom. The Bertz CT molecular complexity index is 615. The molecule has 2 rings (SSSR count). The van der Waals surface area contributed by atoms with Crippen LogP contribution in [0.2, 0.25) is 0 Å². The monoisotopic (exact) mass is 299 g/mol. The first-order chi connectivity index (χ1) is 10.7. The van der Waals surface area contributed by atoms with Gasteiger partial charge in [-0.1, -0.05) is 6.08 Å². The number of anilines is 1. The molecule has 0 bridgehead atoms.